The summed E-state index contributed by atoms with van der Waals surface area (Å²) >= 11 is 5.87. The van der Waals surface area contributed by atoms with E-state index >= 15 is 0 Å². The standard InChI is InChI=1S/C20H17ClFNO3/c1-23(12-14-2-4-15(21)5-3-14)20(24)19-11-10-18(26-19)13-25-17-8-6-16(22)7-9-17/h2-11H,12-13H2,1H3. The lowest BCUT2D eigenvalue weighted by Gasteiger charge is -2.15. The summed E-state index contributed by atoms with van der Waals surface area (Å²) in [6, 6.07) is 16.3. The quantitative estimate of drug-likeness (QED) is 0.615. The minimum absolute atomic E-state index is 0.153. The second-order valence-electron chi connectivity index (χ2n) is 5.80. The number of halogens is 2. The molecule has 3 aromatic rings. The van der Waals surface area contributed by atoms with E-state index < -0.39 is 0 Å². The van der Waals surface area contributed by atoms with E-state index in [1.165, 1.54) is 24.3 Å². The lowest BCUT2D eigenvalue weighted by Crippen LogP contribution is -2.25. The predicted molar refractivity (Wildman–Crippen MR) is 96.7 cm³/mol. The molecular weight excluding hydrogens is 357 g/mol. The van der Waals surface area contributed by atoms with Gasteiger partial charge in [-0.3, -0.25) is 4.79 Å². The number of ether oxygens (including phenoxy) is 1. The Morgan fingerprint density at radius 1 is 1.08 bits per heavy atom. The van der Waals surface area contributed by atoms with E-state index in [2.05, 4.69) is 0 Å². The van der Waals surface area contributed by atoms with Crippen LogP contribution in [0.1, 0.15) is 21.9 Å². The van der Waals surface area contributed by atoms with Crippen LogP contribution >= 0.6 is 11.6 Å². The fraction of sp³-hybridized carbons (Fsp3) is 0.150. The molecule has 0 radical (unpaired) electrons. The van der Waals surface area contributed by atoms with Crippen LogP contribution < -0.4 is 4.74 Å². The van der Waals surface area contributed by atoms with Gasteiger partial charge in [0.1, 0.15) is 23.9 Å². The van der Waals surface area contributed by atoms with Crippen LogP contribution in [-0.2, 0) is 13.2 Å². The fourth-order valence-electron chi connectivity index (χ4n) is 2.38. The van der Waals surface area contributed by atoms with Crippen molar-refractivity contribution in [2.24, 2.45) is 0 Å². The Hall–Kier alpha value is -2.79. The lowest BCUT2D eigenvalue weighted by atomic mass is 10.2. The van der Waals surface area contributed by atoms with Crippen molar-refractivity contribution in [3.8, 4) is 5.75 Å². The molecule has 0 unspecified atom stereocenters. The molecule has 0 atom stereocenters. The molecule has 0 spiro atoms. The maximum Gasteiger partial charge on any atom is 0.289 e. The predicted octanol–water partition coefficient (Wildman–Crippen LogP) is 4.92. The van der Waals surface area contributed by atoms with Gasteiger partial charge in [0, 0.05) is 18.6 Å². The maximum atomic E-state index is 12.9. The van der Waals surface area contributed by atoms with Gasteiger partial charge in [-0.1, -0.05) is 23.7 Å². The molecule has 26 heavy (non-hydrogen) atoms. The van der Waals surface area contributed by atoms with Crippen LogP contribution in [0.25, 0.3) is 0 Å². The molecule has 0 aliphatic rings. The van der Waals surface area contributed by atoms with Crippen molar-refractivity contribution in [3.63, 3.8) is 0 Å². The molecule has 0 aliphatic carbocycles. The third-order valence-corrected chi connectivity index (χ3v) is 4.00. The molecule has 134 valence electrons. The number of carbonyl (C=O) groups is 1. The molecule has 0 bridgehead atoms. The van der Waals surface area contributed by atoms with E-state index in [-0.39, 0.29) is 24.1 Å². The monoisotopic (exact) mass is 373 g/mol. The molecule has 3 rings (SSSR count). The summed E-state index contributed by atoms with van der Waals surface area (Å²) < 4.78 is 23.9. The molecule has 1 heterocycles. The van der Waals surface area contributed by atoms with Crippen LogP contribution in [0.4, 0.5) is 4.39 Å². The van der Waals surface area contributed by atoms with Crippen molar-refractivity contribution in [2.45, 2.75) is 13.2 Å². The normalized spacial score (nSPS) is 10.6. The van der Waals surface area contributed by atoms with Crippen molar-refractivity contribution in [1.82, 2.24) is 4.90 Å². The van der Waals surface area contributed by atoms with Gasteiger partial charge in [-0.2, -0.15) is 0 Å². The number of nitrogens with zero attached hydrogens (tertiary/aromatic N) is 1. The summed E-state index contributed by atoms with van der Waals surface area (Å²) in [4.78, 5) is 14.0. The fourth-order valence-corrected chi connectivity index (χ4v) is 2.51. The zero-order valence-corrected chi connectivity index (χ0v) is 14.9. The summed E-state index contributed by atoms with van der Waals surface area (Å²) in [7, 11) is 1.70. The van der Waals surface area contributed by atoms with E-state index in [0.717, 1.165) is 5.56 Å². The number of carbonyl (C=O) groups excluding carboxylic acids is 1. The van der Waals surface area contributed by atoms with Crippen molar-refractivity contribution in [2.75, 3.05) is 7.05 Å². The van der Waals surface area contributed by atoms with Gasteiger partial charge < -0.3 is 14.1 Å². The maximum absolute atomic E-state index is 12.9. The minimum atomic E-state index is -0.327. The molecule has 0 aliphatic heterocycles. The Bertz CT molecular complexity index is 875. The van der Waals surface area contributed by atoms with E-state index in [9.17, 15) is 9.18 Å². The largest absolute Gasteiger partial charge is 0.486 e. The van der Waals surface area contributed by atoms with Crippen LogP contribution in [-0.4, -0.2) is 17.9 Å². The smallest absolute Gasteiger partial charge is 0.289 e. The highest BCUT2D eigenvalue weighted by Crippen LogP contribution is 2.17. The first kappa shape index (κ1) is 18.0. The molecule has 6 heteroatoms. The van der Waals surface area contributed by atoms with Crippen LogP contribution in [0.2, 0.25) is 5.02 Å². The summed E-state index contributed by atoms with van der Waals surface area (Å²) in [5, 5.41) is 0.652. The van der Waals surface area contributed by atoms with Gasteiger partial charge in [-0.15, -0.1) is 0 Å². The third kappa shape index (κ3) is 4.64. The number of rotatable bonds is 6. The van der Waals surface area contributed by atoms with E-state index in [1.807, 2.05) is 12.1 Å². The van der Waals surface area contributed by atoms with Gasteiger partial charge in [0.2, 0.25) is 0 Å². The summed E-state index contributed by atoms with van der Waals surface area (Å²) in [6.07, 6.45) is 0. The number of hydrogen-bond donors (Lipinski definition) is 0. The van der Waals surface area contributed by atoms with Crippen molar-refractivity contribution in [1.29, 1.82) is 0 Å². The molecule has 0 N–H and O–H groups in total. The number of benzene rings is 2. The molecule has 4 nitrogen and oxygen atoms in total. The van der Waals surface area contributed by atoms with Crippen LogP contribution in [0.5, 0.6) is 5.75 Å². The van der Waals surface area contributed by atoms with E-state index in [1.54, 1.807) is 36.2 Å². The van der Waals surface area contributed by atoms with E-state index in [0.29, 0.717) is 23.1 Å². The molecule has 0 saturated carbocycles. The first-order valence-electron chi connectivity index (χ1n) is 7.98. The second kappa shape index (κ2) is 8.06. The summed E-state index contributed by atoms with van der Waals surface area (Å²) in [5.41, 5.74) is 0.969. The van der Waals surface area contributed by atoms with Crippen LogP contribution in [0.3, 0.4) is 0 Å². The van der Waals surface area contributed by atoms with Gasteiger partial charge in [0.25, 0.3) is 5.91 Å². The average molecular weight is 374 g/mol. The number of hydrogen-bond acceptors (Lipinski definition) is 3. The average Bonchev–Trinajstić information content (AvgIpc) is 3.11. The number of amides is 1. The molecule has 1 aromatic heterocycles. The first-order valence-corrected chi connectivity index (χ1v) is 8.36. The van der Waals surface area contributed by atoms with Gasteiger partial charge in [-0.05, 0) is 54.1 Å². The van der Waals surface area contributed by atoms with Crippen molar-refractivity contribution >= 4 is 17.5 Å². The Balaban J connectivity index is 1.58. The molecule has 0 saturated heterocycles. The van der Waals surface area contributed by atoms with E-state index in [4.69, 9.17) is 20.8 Å². The zero-order valence-electron chi connectivity index (χ0n) is 14.1. The molecule has 0 fully saturated rings. The van der Waals surface area contributed by atoms with Crippen LogP contribution in [0.15, 0.2) is 65.1 Å². The minimum Gasteiger partial charge on any atom is -0.486 e. The Labute approximate surface area is 155 Å². The molecule has 1 amide bonds. The first-order chi connectivity index (χ1) is 12.5. The topological polar surface area (TPSA) is 42.7 Å². The Morgan fingerprint density at radius 3 is 2.46 bits per heavy atom. The SMILES string of the molecule is CN(Cc1ccc(Cl)cc1)C(=O)c1ccc(COc2ccc(F)cc2)o1. The van der Waals surface area contributed by atoms with Crippen molar-refractivity contribution < 1.29 is 18.3 Å². The summed E-state index contributed by atoms with van der Waals surface area (Å²) in [6.45, 7) is 0.595. The molecular formula is C20H17ClFNO3. The second-order valence-corrected chi connectivity index (χ2v) is 6.23. The highest BCUT2D eigenvalue weighted by atomic mass is 35.5. The van der Waals surface area contributed by atoms with Crippen molar-refractivity contribution in [3.05, 3.63) is 88.6 Å². The third-order valence-electron chi connectivity index (χ3n) is 3.75. The lowest BCUT2D eigenvalue weighted by molar-refractivity contribution is 0.0749. The van der Waals surface area contributed by atoms with Gasteiger partial charge >= 0.3 is 0 Å². The number of furan rings is 1. The van der Waals surface area contributed by atoms with Crippen LogP contribution in [0, 0.1) is 5.82 Å². The zero-order chi connectivity index (χ0) is 18.5. The molecule has 2 aromatic carbocycles. The Morgan fingerprint density at radius 2 is 1.77 bits per heavy atom. The van der Waals surface area contributed by atoms with Gasteiger partial charge in [0.05, 0.1) is 0 Å². The summed E-state index contributed by atoms with van der Waals surface area (Å²) in [5.74, 6) is 0.715. The van der Waals surface area contributed by atoms with Gasteiger partial charge in [-0.25, -0.2) is 4.39 Å². The van der Waals surface area contributed by atoms with Gasteiger partial charge in [0.15, 0.2) is 5.76 Å². The highest BCUT2D eigenvalue weighted by Gasteiger charge is 2.16. The Kier molecular flexibility index (Phi) is 5.58. The highest BCUT2D eigenvalue weighted by molar-refractivity contribution is 6.30.